The molecule has 19 heavy (non-hydrogen) atoms. The first-order chi connectivity index (χ1) is 9.08. The largest absolute Gasteiger partial charge is 0.478 e. The summed E-state index contributed by atoms with van der Waals surface area (Å²) < 4.78 is 13.4. The van der Waals surface area contributed by atoms with Crippen LogP contribution in [0.15, 0.2) is 42.5 Å². The molecule has 0 fully saturated rings. The molecule has 2 rings (SSSR count). The van der Waals surface area contributed by atoms with E-state index in [4.69, 9.17) is 16.7 Å². The van der Waals surface area contributed by atoms with Gasteiger partial charge >= 0.3 is 5.97 Å². The Hall–Kier alpha value is -2.07. The lowest BCUT2D eigenvalue weighted by molar-refractivity contribution is 0.0697. The highest BCUT2D eigenvalue weighted by molar-refractivity contribution is 6.33. The van der Waals surface area contributed by atoms with E-state index in [0.29, 0.717) is 17.8 Å². The number of carboxylic acids is 1. The lowest BCUT2D eigenvalue weighted by Gasteiger charge is -2.08. The summed E-state index contributed by atoms with van der Waals surface area (Å²) in [5.41, 5.74) is 1.12. The van der Waals surface area contributed by atoms with Crippen LogP contribution in [0.25, 0.3) is 0 Å². The van der Waals surface area contributed by atoms with E-state index in [9.17, 15) is 9.18 Å². The van der Waals surface area contributed by atoms with Crippen LogP contribution in [0, 0.1) is 5.82 Å². The van der Waals surface area contributed by atoms with Gasteiger partial charge in [-0.3, -0.25) is 0 Å². The fourth-order valence-corrected chi connectivity index (χ4v) is 1.85. The number of anilines is 1. The lowest BCUT2D eigenvalue weighted by Crippen LogP contribution is -2.04. The number of halogens is 2. The van der Waals surface area contributed by atoms with Gasteiger partial charge < -0.3 is 10.4 Å². The summed E-state index contributed by atoms with van der Waals surface area (Å²) >= 11 is 5.77. The van der Waals surface area contributed by atoms with Gasteiger partial charge in [-0.2, -0.15) is 0 Å². The zero-order valence-corrected chi connectivity index (χ0v) is 10.6. The molecule has 5 heteroatoms. The summed E-state index contributed by atoms with van der Waals surface area (Å²) in [5.74, 6) is -1.44. The van der Waals surface area contributed by atoms with Gasteiger partial charge in [0.25, 0.3) is 0 Å². The van der Waals surface area contributed by atoms with Gasteiger partial charge in [0.05, 0.1) is 16.3 Å². The Morgan fingerprint density at radius 3 is 2.68 bits per heavy atom. The number of nitrogens with one attached hydrogen (secondary N) is 1. The number of hydrogen-bond acceptors (Lipinski definition) is 2. The van der Waals surface area contributed by atoms with E-state index < -0.39 is 5.97 Å². The van der Waals surface area contributed by atoms with E-state index in [2.05, 4.69) is 5.32 Å². The van der Waals surface area contributed by atoms with Crippen LogP contribution in [0.3, 0.4) is 0 Å². The fraction of sp³-hybridized carbons (Fsp3) is 0.0714. The topological polar surface area (TPSA) is 49.3 Å². The van der Waals surface area contributed by atoms with E-state index in [-0.39, 0.29) is 16.4 Å². The van der Waals surface area contributed by atoms with E-state index in [1.807, 2.05) is 0 Å². The highest BCUT2D eigenvalue weighted by Crippen LogP contribution is 2.19. The van der Waals surface area contributed by atoms with Crippen molar-refractivity contribution in [3.05, 3.63) is 64.4 Å². The Labute approximate surface area is 114 Å². The number of para-hydroxylation sites is 1. The highest BCUT2D eigenvalue weighted by Gasteiger charge is 2.09. The van der Waals surface area contributed by atoms with Crippen LogP contribution in [0.4, 0.5) is 10.1 Å². The number of benzene rings is 2. The van der Waals surface area contributed by atoms with Crippen LogP contribution in [-0.4, -0.2) is 11.1 Å². The smallest absolute Gasteiger partial charge is 0.337 e. The molecule has 2 aromatic rings. The number of hydrogen-bond donors (Lipinski definition) is 2. The third-order valence-electron chi connectivity index (χ3n) is 2.62. The summed E-state index contributed by atoms with van der Waals surface area (Å²) in [6.07, 6.45) is 0. The van der Waals surface area contributed by atoms with Crippen molar-refractivity contribution in [1.29, 1.82) is 0 Å². The molecule has 98 valence electrons. The second-order valence-electron chi connectivity index (χ2n) is 3.95. The van der Waals surface area contributed by atoms with Gasteiger partial charge in [-0.25, -0.2) is 9.18 Å². The summed E-state index contributed by atoms with van der Waals surface area (Å²) in [5, 5.41) is 12.0. The summed E-state index contributed by atoms with van der Waals surface area (Å²) in [7, 11) is 0. The van der Waals surface area contributed by atoms with Gasteiger partial charge in [-0.05, 0) is 29.8 Å². The standard InChI is InChI=1S/C14H11ClFNO2/c15-11-6-5-9(7-10(11)14(18)19)8-17-13-4-2-1-3-12(13)16/h1-7,17H,8H2,(H,18,19). The maximum absolute atomic E-state index is 13.4. The Morgan fingerprint density at radius 2 is 2.00 bits per heavy atom. The molecule has 0 saturated carbocycles. The van der Waals surface area contributed by atoms with Crippen molar-refractivity contribution in [3.63, 3.8) is 0 Å². The van der Waals surface area contributed by atoms with Gasteiger partial charge in [0.1, 0.15) is 5.82 Å². The molecule has 0 aromatic heterocycles. The predicted octanol–water partition coefficient (Wildman–Crippen LogP) is 3.79. The zero-order chi connectivity index (χ0) is 13.8. The zero-order valence-electron chi connectivity index (χ0n) is 9.86. The van der Waals surface area contributed by atoms with E-state index in [1.54, 1.807) is 24.3 Å². The Bertz CT molecular complexity index is 616. The van der Waals surface area contributed by atoms with Crippen molar-refractivity contribution >= 4 is 23.3 Å². The van der Waals surface area contributed by atoms with Gasteiger partial charge in [-0.15, -0.1) is 0 Å². The predicted molar refractivity (Wildman–Crippen MR) is 72.1 cm³/mol. The van der Waals surface area contributed by atoms with Crippen molar-refractivity contribution in [2.24, 2.45) is 0 Å². The van der Waals surface area contributed by atoms with Crippen molar-refractivity contribution in [3.8, 4) is 0 Å². The molecule has 0 spiro atoms. The molecule has 0 aliphatic heterocycles. The maximum Gasteiger partial charge on any atom is 0.337 e. The molecule has 2 N–H and O–H groups in total. The molecule has 0 aliphatic carbocycles. The monoisotopic (exact) mass is 279 g/mol. The van der Waals surface area contributed by atoms with Gasteiger partial charge in [-0.1, -0.05) is 29.8 Å². The molecular formula is C14H11ClFNO2. The second-order valence-corrected chi connectivity index (χ2v) is 4.36. The normalized spacial score (nSPS) is 10.2. The molecule has 0 heterocycles. The van der Waals surface area contributed by atoms with E-state index in [0.717, 1.165) is 0 Å². The van der Waals surface area contributed by atoms with Gasteiger partial charge in [0, 0.05) is 6.54 Å². The lowest BCUT2D eigenvalue weighted by atomic mass is 10.1. The Kier molecular flexibility index (Phi) is 4.02. The Balaban J connectivity index is 2.14. The summed E-state index contributed by atoms with van der Waals surface area (Å²) in [6.45, 7) is 0.318. The highest BCUT2D eigenvalue weighted by atomic mass is 35.5. The number of carbonyl (C=O) groups is 1. The van der Waals surface area contributed by atoms with Gasteiger partial charge in [0.15, 0.2) is 0 Å². The van der Waals surface area contributed by atoms with Crippen molar-refractivity contribution in [1.82, 2.24) is 0 Å². The average molecular weight is 280 g/mol. The first-order valence-corrected chi connectivity index (χ1v) is 5.96. The van der Waals surface area contributed by atoms with Crippen molar-refractivity contribution in [2.45, 2.75) is 6.54 Å². The van der Waals surface area contributed by atoms with E-state index in [1.165, 1.54) is 18.2 Å². The Morgan fingerprint density at radius 1 is 1.26 bits per heavy atom. The SMILES string of the molecule is O=C(O)c1cc(CNc2ccccc2F)ccc1Cl. The number of rotatable bonds is 4. The molecule has 2 aromatic carbocycles. The molecular weight excluding hydrogens is 269 g/mol. The van der Waals surface area contributed by atoms with Crippen LogP contribution < -0.4 is 5.32 Å². The van der Waals surface area contributed by atoms with E-state index >= 15 is 0 Å². The molecule has 0 bridgehead atoms. The molecule has 0 aliphatic rings. The van der Waals surface area contributed by atoms with Crippen LogP contribution >= 0.6 is 11.6 Å². The molecule has 0 unspecified atom stereocenters. The first kappa shape index (κ1) is 13.4. The quantitative estimate of drug-likeness (QED) is 0.895. The van der Waals surface area contributed by atoms with Crippen molar-refractivity contribution in [2.75, 3.05) is 5.32 Å². The minimum absolute atomic E-state index is 0.0366. The molecule has 0 radical (unpaired) electrons. The molecule has 0 amide bonds. The van der Waals surface area contributed by atoms with Crippen LogP contribution in [-0.2, 0) is 6.54 Å². The van der Waals surface area contributed by atoms with Crippen LogP contribution in [0.2, 0.25) is 5.02 Å². The maximum atomic E-state index is 13.4. The minimum atomic E-state index is -1.09. The number of aromatic carboxylic acids is 1. The molecule has 3 nitrogen and oxygen atoms in total. The van der Waals surface area contributed by atoms with Crippen LogP contribution in [0.1, 0.15) is 15.9 Å². The summed E-state index contributed by atoms with van der Waals surface area (Å²) in [4.78, 5) is 10.9. The summed E-state index contributed by atoms with van der Waals surface area (Å²) in [6, 6.07) is 11.0. The third kappa shape index (κ3) is 3.23. The number of carboxylic acid groups (broad SMARTS) is 1. The van der Waals surface area contributed by atoms with Crippen molar-refractivity contribution < 1.29 is 14.3 Å². The fourth-order valence-electron chi connectivity index (χ4n) is 1.65. The van der Waals surface area contributed by atoms with Crippen LogP contribution in [0.5, 0.6) is 0 Å². The third-order valence-corrected chi connectivity index (χ3v) is 2.95. The average Bonchev–Trinajstić information content (AvgIpc) is 2.39. The molecule has 0 saturated heterocycles. The first-order valence-electron chi connectivity index (χ1n) is 5.58. The molecule has 0 atom stereocenters. The second kappa shape index (κ2) is 5.71. The van der Waals surface area contributed by atoms with Gasteiger partial charge in [0.2, 0.25) is 0 Å². The minimum Gasteiger partial charge on any atom is -0.478 e.